The molecule has 1 aromatic heterocycles. The van der Waals surface area contributed by atoms with Crippen molar-refractivity contribution < 1.29 is 4.21 Å². The highest BCUT2D eigenvalue weighted by molar-refractivity contribution is 7.84. The number of hydrogen-bond donors (Lipinski definition) is 2. The maximum atomic E-state index is 10.9. The van der Waals surface area contributed by atoms with Crippen molar-refractivity contribution in [3.63, 3.8) is 0 Å². The Bertz CT molecular complexity index is 386. The number of aromatic nitrogens is 1. The highest BCUT2D eigenvalue weighted by atomic mass is 35.5. The van der Waals surface area contributed by atoms with E-state index in [0.29, 0.717) is 22.3 Å². The molecule has 1 rings (SSSR count). The Morgan fingerprint density at radius 2 is 2.38 bits per heavy atom. The van der Waals surface area contributed by atoms with Gasteiger partial charge in [-0.15, -0.1) is 0 Å². The molecule has 1 aromatic rings. The number of halogens is 1. The molecule has 0 bridgehead atoms. The van der Waals surface area contributed by atoms with E-state index in [0.717, 1.165) is 6.42 Å². The summed E-state index contributed by atoms with van der Waals surface area (Å²) >= 11 is 5.75. The predicted octanol–water partition coefficient (Wildman–Crippen LogP) is 1.89. The first-order valence-corrected chi connectivity index (χ1v) is 7.07. The fraction of sp³-hybridized carbons (Fsp3) is 0.500. The fourth-order valence-corrected chi connectivity index (χ4v) is 2.08. The van der Waals surface area contributed by atoms with Crippen molar-refractivity contribution in [2.75, 3.05) is 23.1 Å². The van der Waals surface area contributed by atoms with Crippen LogP contribution in [0.5, 0.6) is 0 Å². The molecule has 0 amide bonds. The second kappa shape index (κ2) is 6.06. The van der Waals surface area contributed by atoms with Gasteiger partial charge in [-0.05, 0) is 19.4 Å². The molecule has 0 spiro atoms. The number of rotatable bonds is 5. The molecule has 0 aliphatic carbocycles. The van der Waals surface area contributed by atoms with E-state index >= 15 is 0 Å². The second-order valence-corrected chi connectivity index (χ2v) is 5.69. The first-order valence-electron chi connectivity index (χ1n) is 4.96. The number of hydrogen-bond acceptors (Lipinski definition) is 4. The Hall–Kier alpha value is -0.810. The summed E-state index contributed by atoms with van der Waals surface area (Å²) in [4.78, 5) is 4.10. The Morgan fingerprint density at radius 3 is 2.94 bits per heavy atom. The smallest absolute Gasteiger partial charge is 0.149 e. The topological polar surface area (TPSA) is 68.0 Å². The van der Waals surface area contributed by atoms with E-state index in [9.17, 15) is 4.21 Å². The molecular weight excluding hydrogens is 246 g/mol. The van der Waals surface area contributed by atoms with Crippen molar-refractivity contribution in [2.45, 2.75) is 19.4 Å². The van der Waals surface area contributed by atoms with E-state index in [2.05, 4.69) is 10.3 Å². The molecule has 0 fully saturated rings. The van der Waals surface area contributed by atoms with E-state index in [1.54, 1.807) is 18.5 Å². The first kappa shape index (κ1) is 13.3. The fourth-order valence-electron chi connectivity index (χ4n) is 1.22. The van der Waals surface area contributed by atoms with Crippen molar-refractivity contribution >= 4 is 33.9 Å². The van der Waals surface area contributed by atoms with Crippen molar-refractivity contribution in [3.8, 4) is 0 Å². The van der Waals surface area contributed by atoms with Crippen LogP contribution in [0.2, 0.25) is 5.02 Å². The minimum absolute atomic E-state index is 0.180. The summed E-state index contributed by atoms with van der Waals surface area (Å²) < 4.78 is 10.9. The lowest BCUT2D eigenvalue weighted by atomic mass is 10.2. The number of nitrogens with one attached hydrogen (secondary N) is 1. The zero-order chi connectivity index (χ0) is 12.1. The average molecular weight is 262 g/mol. The zero-order valence-electron chi connectivity index (χ0n) is 9.37. The summed E-state index contributed by atoms with van der Waals surface area (Å²) in [6, 6.07) is 1.83. The van der Waals surface area contributed by atoms with Gasteiger partial charge >= 0.3 is 0 Å². The van der Waals surface area contributed by atoms with Gasteiger partial charge < -0.3 is 11.1 Å². The number of pyridine rings is 1. The second-order valence-electron chi connectivity index (χ2n) is 3.70. The summed E-state index contributed by atoms with van der Waals surface area (Å²) in [5.41, 5.74) is 6.28. The van der Waals surface area contributed by atoms with Crippen molar-refractivity contribution in [2.24, 2.45) is 0 Å². The summed E-state index contributed by atoms with van der Waals surface area (Å²) in [5.74, 6) is 1.29. The summed E-state index contributed by atoms with van der Waals surface area (Å²) in [6.45, 7) is 2.00. The average Bonchev–Trinajstić information content (AvgIpc) is 2.19. The summed E-state index contributed by atoms with van der Waals surface area (Å²) in [6.07, 6.45) is 4.05. The highest BCUT2D eigenvalue weighted by Crippen LogP contribution is 2.20. The van der Waals surface area contributed by atoms with Gasteiger partial charge in [-0.25, -0.2) is 4.98 Å². The molecule has 2 unspecified atom stereocenters. The molecular formula is C10H16ClN3OS. The summed E-state index contributed by atoms with van der Waals surface area (Å²) in [7, 11) is -0.766. The highest BCUT2D eigenvalue weighted by Gasteiger charge is 2.07. The van der Waals surface area contributed by atoms with Crippen LogP contribution in [0.1, 0.15) is 13.3 Å². The van der Waals surface area contributed by atoms with Gasteiger partial charge in [0.2, 0.25) is 0 Å². The van der Waals surface area contributed by atoms with E-state index < -0.39 is 10.8 Å². The van der Waals surface area contributed by atoms with E-state index in [-0.39, 0.29) is 6.04 Å². The van der Waals surface area contributed by atoms with Crippen molar-refractivity contribution in [1.29, 1.82) is 0 Å². The van der Waals surface area contributed by atoms with Gasteiger partial charge in [0.25, 0.3) is 0 Å². The molecule has 0 aliphatic rings. The van der Waals surface area contributed by atoms with Crippen LogP contribution >= 0.6 is 11.6 Å². The molecule has 2 atom stereocenters. The van der Waals surface area contributed by atoms with Crippen LogP contribution in [0.4, 0.5) is 11.5 Å². The lowest BCUT2D eigenvalue weighted by Gasteiger charge is -2.15. The molecule has 16 heavy (non-hydrogen) atoms. The van der Waals surface area contributed by atoms with Crippen LogP contribution in [-0.4, -0.2) is 27.2 Å². The molecule has 0 radical (unpaired) electrons. The van der Waals surface area contributed by atoms with Crippen molar-refractivity contribution in [1.82, 2.24) is 4.98 Å². The van der Waals surface area contributed by atoms with Crippen LogP contribution in [0, 0.1) is 0 Å². The molecule has 0 saturated heterocycles. The van der Waals surface area contributed by atoms with Crippen LogP contribution in [-0.2, 0) is 10.8 Å². The standard InChI is InChI=1S/C10H16ClN3OS/c1-7(3-4-16(2)15)14-10-9(12)5-8(11)6-13-10/h5-7H,3-4,12H2,1-2H3,(H,13,14). The third kappa shape index (κ3) is 4.37. The van der Waals surface area contributed by atoms with Crippen LogP contribution in [0.3, 0.4) is 0 Å². The van der Waals surface area contributed by atoms with Gasteiger partial charge in [-0.2, -0.15) is 0 Å². The molecule has 1 heterocycles. The molecule has 4 nitrogen and oxygen atoms in total. The number of nitrogens with zero attached hydrogens (tertiary/aromatic N) is 1. The Labute approximate surface area is 103 Å². The lowest BCUT2D eigenvalue weighted by Crippen LogP contribution is -2.19. The Balaban J connectivity index is 2.55. The number of anilines is 2. The molecule has 0 saturated carbocycles. The third-order valence-corrected chi connectivity index (χ3v) is 3.12. The van der Waals surface area contributed by atoms with Crippen LogP contribution < -0.4 is 11.1 Å². The largest absolute Gasteiger partial charge is 0.396 e. The van der Waals surface area contributed by atoms with Gasteiger partial charge in [0.15, 0.2) is 0 Å². The summed E-state index contributed by atoms with van der Waals surface area (Å²) in [5, 5.41) is 3.68. The minimum Gasteiger partial charge on any atom is -0.396 e. The van der Waals surface area contributed by atoms with E-state index in [1.807, 2.05) is 6.92 Å². The Morgan fingerprint density at radius 1 is 1.69 bits per heavy atom. The van der Waals surface area contributed by atoms with Crippen LogP contribution in [0.15, 0.2) is 12.3 Å². The van der Waals surface area contributed by atoms with Crippen LogP contribution in [0.25, 0.3) is 0 Å². The Kier molecular flexibility index (Phi) is 5.02. The third-order valence-electron chi connectivity index (χ3n) is 2.11. The van der Waals surface area contributed by atoms with E-state index in [4.69, 9.17) is 17.3 Å². The maximum Gasteiger partial charge on any atom is 0.149 e. The lowest BCUT2D eigenvalue weighted by molar-refractivity contribution is 0.678. The molecule has 6 heteroatoms. The zero-order valence-corrected chi connectivity index (χ0v) is 10.9. The van der Waals surface area contributed by atoms with Gasteiger partial charge in [0, 0.05) is 35.0 Å². The maximum absolute atomic E-state index is 10.9. The number of nitrogens with two attached hydrogens (primary N) is 1. The molecule has 0 aromatic carbocycles. The van der Waals surface area contributed by atoms with E-state index in [1.165, 1.54) is 0 Å². The first-order chi connectivity index (χ1) is 7.49. The monoisotopic (exact) mass is 261 g/mol. The quantitative estimate of drug-likeness (QED) is 0.849. The SMILES string of the molecule is CC(CCS(C)=O)Nc1ncc(Cl)cc1N. The van der Waals surface area contributed by atoms with Gasteiger partial charge in [0.05, 0.1) is 10.7 Å². The normalized spacial score (nSPS) is 14.4. The van der Waals surface area contributed by atoms with Gasteiger partial charge in [0.1, 0.15) is 5.82 Å². The van der Waals surface area contributed by atoms with Crippen molar-refractivity contribution in [3.05, 3.63) is 17.3 Å². The molecule has 90 valence electrons. The minimum atomic E-state index is -0.766. The molecule has 0 aliphatic heterocycles. The van der Waals surface area contributed by atoms with Gasteiger partial charge in [-0.3, -0.25) is 4.21 Å². The molecule has 3 N–H and O–H groups in total. The van der Waals surface area contributed by atoms with Gasteiger partial charge in [-0.1, -0.05) is 11.6 Å². The predicted molar refractivity (Wildman–Crippen MR) is 70.3 cm³/mol. The number of nitrogen functional groups attached to an aromatic ring is 1.